The zero-order valence-corrected chi connectivity index (χ0v) is 16.7. The first-order valence-corrected chi connectivity index (χ1v) is 10.2. The van der Waals surface area contributed by atoms with Crippen molar-refractivity contribution < 1.29 is 14.3 Å². The number of benzene rings is 2. The van der Waals surface area contributed by atoms with Crippen LogP contribution in [0.15, 0.2) is 54.6 Å². The molecule has 1 saturated heterocycles. The third-order valence-corrected chi connectivity index (χ3v) is 5.56. The van der Waals surface area contributed by atoms with Gasteiger partial charge in [0.05, 0.1) is 24.4 Å². The largest absolute Gasteiger partial charge is 0.484 e. The molecule has 1 aromatic heterocycles. The number of nitrogens with zero attached hydrogens (tertiary/aromatic N) is 2. The number of ether oxygens (including phenoxy) is 2. The molecule has 0 radical (unpaired) electrons. The third-order valence-electron chi connectivity index (χ3n) is 4.36. The molecule has 5 nitrogen and oxygen atoms in total. The van der Waals surface area contributed by atoms with Crippen LogP contribution in [-0.2, 0) is 9.53 Å². The maximum Gasteiger partial charge on any atom is 0.241 e. The number of aromatic nitrogens is 1. The van der Waals surface area contributed by atoms with Gasteiger partial charge in [0.15, 0.2) is 6.61 Å². The molecule has 2 aromatic carbocycles. The molecule has 1 fully saturated rings. The Morgan fingerprint density at radius 3 is 2.68 bits per heavy atom. The van der Waals surface area contributed by atoms with Crippen LogP contribution in [-0.4, -0.2) is 47.3 Å². The van der Waals surface area contributed by atoms with Gasteiger partial charge >= 0.3 is 0 Å². The van der Waals surface area contributed by atoms with E-state index in [9.17, 15) is 4.79 Å². The third kappa shape index (κ3) is 4.64. The Bertz CT molecular complexity index is 975. The van der Waals surface area contributed by atoms with Crippen molar-refractivity contribution in [3.8, 4) is 17.0 Å². The van der Waals surface area contributed by atoms with Crippen LogP contribution in [0.1, 0.15) is 0 Å². The van der Waals surface area contributed by atoms with E-state index in [0.717, 1.165) is 35.2 Å². The summed E-state index contributed by atoms with van der Waals surface area (Å²) in [5.74, 6) is 0.645. The van der Waals surface area contributed by atoms with Gasteiger partial charge in [-0.05, 0) is 24.3 Å². The minimum Gasteiger partial charge on any atom is -0.484 e. The highest BCUT2D eigenvalue weighted by Gasteiger charge is 2.16. The summed E-state index contributed by atoms with van der Waals surface area (Å²) >= 11 is 7.20. The van der Waals surface area contributed by atoms with E-state index in [2.05, 4.69) is 0 Å². The first-order valence-electron chi connectivity index (χ1n) is 9.01. The standard InChI is InChI=1S/C21H19ClN2O3S/c22-16-7-5-15(6-8-16)19-13-20(17-3-1-2-4-18(17)23-19)27-14-21(25)28-24-9-11-26-12-10-24/h1-8,13H,9-12,14H2. The highest BCUT2D eigenvalue weighted by atomic mass is 35.5. The van der Waals surface area contributed by atoms with Crippen LogP contribution >= 0.6 is 23.5 Å². The van der Waals surface area contributed by atoms with Crippen molar-refractivity contribution in [3.05, 3.63) is 59.6 Å². The van der Waals surface area contributed by atoms with Gasteiger partial charge in [0.2, 0.25) is 5.12 Å². The van der Waals surface area contributed by atoms with E-state index in [1.807, 2.05) is 58.9 Å². The van der Waals surface area contributed by atoms with Gasteiger partial charge in [-0.2, -0.15) is 0 Å². The van der Waals surface area contributed by atoms with Crippen LogP contribution in [0.5, 0.6) is 5.75 Å². The molecule has 144 valence electrons. The van der Waals surface area contributed by atoms with E-state index in [-0.39, 0.29) is 11.7 Å². The van der Waals surface area contributed by atoms with Gasteiger partial charge in [-0.25, -0.2) is 9.29 Å². The summed E-state index contributed by atoms with van der Waals surface area (Å²) in [4.78, 5) is 17.1. The average Bonchev–Trinajstić information content (AvgIpc) is 2.73. The number of carbonyl (C=O) groups is 1. The summed E-state index contributed by atoms with van der Waals surface area (Å²) in [5.41, 5.74) is 2.53. The van der Waals surface area contributed by atoms with Crippen molar-refractivity contribution in [2.45, 2.75) is 0 Å². The molecule has 0 bridgehead atoms. The Kier molecular flexibility index (Phi) is 6.12. The van der Waals surface area contributed by atoms with E-state index >= 15 is 0 Å². The minimum absolute atomic E-state index is 0.00388. The number of hydrogen-bond acceptors (Lipinski definition) is 6. The molecule has 0 unspecified atom stereocenters. The second-order valence-corrected chi connectivity index (χ2v) is 7.91. The lowest BCUT2D eigenvalue weighted by molar-refractivity contribution is -0.113. The Labute approximate surface area is 172 Å². The summed E-state index contributed by atoms with van der Waals surface area (Å²) < 4.78 is 13.2. The van der Waals surface area contributed by atoms with Crippen molar-refractivity contribution in [2.75, 3.05) is 32.9 Å². The number of carbonyl (C=O) groups excluding carboxylic acids is 1. The lowest BCUT2D eigenvalue weighted by Gasteiger charge is -2.24. The first-order chi connectivity index (χ1) is 13.7. The lowest BCUT2D eigenvalue weighted by atomic mass is 10.1. The summed E-state index contributed by atoms with van der Waals surface area (Å²) in [5, 5.41) is 1.52. The Morgan fingerprint density at radius 2 is 1.89 bits per heavy atom. The maximum atomic E-state index is 12.3. The highest BCUT2D eigenvalue weighted by molar-refractivity contribution is 8.11. The minimum atomic E-state index is -0.0316. The van der Waals surface area contributed by atoms with Crippen molar-refractivity contribution in [2.24, 2.45) is 0 Å². The SMILES string of the molecule is O=C(COc1cc(-c2ccc(Cl)cc2)nc2ccccc12)SN1CCOCC1. The fraction of sp³-hybridized carbons (Fsp3) is 0.238. The van der Waals surface area contributed by atoms with Gasteiger partial charge in [0, 0.05) is 47.1 Å². The average molecular weight is 415 g/mol. The molecule has 7 heteroatoms. The van der Waals surface area contributed by atoms with Gasteiger partial charge in [-0.1, -0.05) is 35.9 Å². The normalized spacial score (nSPS) is 14.9. The van der Waals surface area contributed by atoms with Crippen molar-refractivity contribution >= 4 is 39.6 Å². The summed E-state index contributed by atoms with van der Waals surface area (Å²) in [7, 11) is 0. The molecule has 0 amide bonds. The fourth-order valence-corrected chi connectivity index (χ4v) is 3.83. The molecule has 0 spiro atoms. The van der Waals surface area contributed by atoms with Crippen LogP contribution in [0.25, 0.3) is 22.2 Å². The molecule has 4 rings (SSSR count). The quantitative estimate of drug-likeness (QED) is 0.575. The predicted octanol–water partition coefficient (Wildman–Crippen LogP) is 4.44. The number of rotatable bonds is 5. The Balaban J connectivity index is 1.55. The summed E-state index contributed by atoms with van der Waals surface area (Å²) in [6, 6.07) is 17.1. The van der Waals surface area contributed by atoms with Gasteiger partial charge in [0.25, 0.3) is 0 Å². The van der Waals surface area contributed by atoms with Crippen molar-refractivity contribution in [1.82, 2.24) is 9.29 Å². The van der Waals surface area contributed by atoms with Crippen LogP contribution in [0.3, 0.4) is 0 Å². The highest BCUT2D eigenvalue weighted by Crippen LogP contribution is 2.31. The van der Waals surface area contributed by atoms with Crippen molar-refractivity contribution in [3.63, 3.8) is 0 Å². The van der Waals surface area contributed by atoms with Crippen LogP contribution in [0.2, 0.25) is 5.02 Å². The molecule has 0 saturated carbocycles. The fourth-order valence-electron chi connectivity index (χ4n) is 2.98. The van der Waals surface area contributed by atoms with Crippen molar-refractivity contribution in [1.29, 1.82) is 0 Å². The van der Waals surface area contributed by atoms with Crippen LogP contribution in [0.4, 0.5) is 0 Å². The summed E-state index contributed by atoms with van der Waals surface area (Å²) in [6.07, 6.45) is 0. The molecular formula is C21H19ClN2O3S. The number of fused-ring (bicyclic) bond motifs is 1. The van der Waals surface area contributed by atoms with Gasteiger partial charge in [-0.3, -0.25) is 4.79 Å². The van der Waals surface area contributed by atoms with Gasteiger partial charge < -0.3 is 9.47 Å². The first kappa shape index (κ1) is 19.2. The molecule has 0 atom stereocenters. The molecular weight excluding hydrogens is 396 g/mol. The van der Waals surface area contributed by atoms with E-state index in [1.54, 1.807) is 0 Å². The van der Waals surface area contributed by atoms with Gasteiger partial charge in [0.1, 0.15) is 5.75 Å². The van der Waals surface area contributed by atoms with Crippen LogP contribution in [0, 0.1) is 0 Å². The molecule has 1 aliphatic rings. The number of para-hydroxylation sites is 1. The number of halogens is 1. The Hall–Kier alpha value is -2.12. The molecule has 0 aliphatic carbocycles. The monoisotopic (exact) mass is 414 g/mol. The van der Waals surface area contributed by atoms with Gasteiger partial charge in [-0.15, -0.1) is 0 Å². The molecule has 3 aromatic rings. The number of morpholine rings is 1. The van der Waals surface area contributed by atoms with E-state index in [0.29, 0.717) is 24.0 Å². The number of hydrogen-bond donors (Lipinski definition) is 0. The predicted molar refractivity (Wildman–Crippen MR) is 113 cm³/mol. The van der Waals surface area contributed by atoms with Crippen LogP contribution < -0.4 is 4.74 Å². The number of pyridine rings is 1. The molecule has 0 N–H and O–H groups in total. The Morgan fingerprint density at radius 1 is 1.14 bits per heavy atom. The smallest absolute Gasteiger partial charge is 0.241 e. The molecule has 1 aliphatic heterocycles. The maximum absolute atomic E-state index is 12.3. The van der Waals surface area contributed by atoms with E-state index in [1.165, 1.54) is 11.9 Å². The van der Waals surface area contributed by atoms with E-state index < -0.39 is 0 Å². The molecule has 2 heterocycles. The second-order valence-electron chi connectivity index (χ2n) is 6.32. The lowest BCUT2D eigenvalue weighted by Crippen LogP contribution is -2.32. The van der Waals surface area contributed by atoms with E-state index in [4.69, 9.17) is 26.1 Å². The second kappa shape index (κ2) is 8.92. The molecule has 28 heavy (non-hydrogen) atoms. The summed E-state index contributed by atoms with van der Waals surface area (Å²) in [6.45, 7) is 2.79. The topological polar surface area (TPSA) is 51.7 Å². The zero-order chi connectivity index (χ0) is 19.3. The zero-order valence-electron chi connectivity index (χ0n) is 15.1.